The Balaban J connectivity index is 2.24. The summed E-state index contributed by atoms with van der Waals surface area (Å²) in [6.45, 7) is 7.77. The molecule has 100 valence electrons. The zero-order chi connectivity index (χ0) is 13.1. The van der Waals surface area contributed by atoms with Gasteiger partial charge >= 0.3 is 0 Å². The van der Waals surface area contributed by atoms with Crippen LogP contribution in [0.15, 0.2) is 0 Å². The van der Waals surface area contributed by atoms with Crippen molar-refractivity contribution in [3.05, 3.63) is 10.6 Å². The van der Waals surface area contributed by atoms with Gasteiger partial charge in [0.1, 0.15) is 0 Å². The van der Waals surface area contributed by atoms with Crippen molar-refractivity contribution in [1.82, 2.24) is 4.98 Å². The second-order valence-electron chi connectivity index (χ2n) is 5.23. The average molecular weight is 266 g/mol. The molecular weight excluding hydrogens is 244 g/mol. The highest BCUT2D eigenvalue weighted by Gasteiger charge is 2.27. The summed E-state index contributed by atoms with van der Waals surface area (Å²) in [5.74, 6) is 0.706. The lowest BCUT2D eigenvalue weighted by Crippen LogP contribution is -2.42. The highest BCUT2D eigenvalue weighted by molar-refractivity contribution is 7.17. The molecule has 2 unspecified atom stereocenters. The zero-order valence-corrected chi connectivity index (χ0v) is 12.3. The lowest BCUT2D eigenvalue weighted by atomic mass is 9.93. The quantitative estimate of drug-likeness (QED) is 0.782. The van der Waals surface area contributed by atoms with Crippen molar-refractivity contribution in [2.24, 2.45) is 5.92 Å². The standard InChI is InChI=1S/C14H22N2OS/c1-4-6-12-13(9-17)18-14(15-12)16-8-5-7-10(2)11(16)3/h9-11H,4-8H2,1-3H3. The number of aldehydes is 1. The van der Waals surface area contributed by atoms with Crippen molar-refractivity contribution >= 4 is 22.8 Å². The van der Waals surface area contributed by atoms with Crippen molar-refractivity contribution in [1.29, 1.82) is 0 Å². The normalized spacial score (nSPS) is 24.3. The molecule has 0 amide bonds. The predicted octanol–water partition coefficient (Wildman–Crippen LogP) is 3.53. The molecule has 0 aromatic carbocycles. The third kappa shape index (κ3) is 2.58. The van der Waals surface area contributed by atoms with Crippen LogP contribution < -0.4 is 4.90 Å². The van der Waals surface area contributed by atoms with E-state index in [1.165, 1.54) is 12.8 Å². The van der Waals surface area contributed by atoms with Crippen LogP contribution in [0.4, 0.5) is 5.13 Å². The summed E-state index contributed by atoms with van der Waals surface area (Å²) in [5, 5.41) is 1.04. The Kier molecular flexibility index (Phi) is 4.38. The first-order valence-electron chi connectivity index (χ1n) is 6.88. The molecule has 1 aromatic rings. The Morgan fingerprint density at radius 1 is 1.50 bits per heavy atom. The molecule has 0 N–H and O–H groups in total. The van der Waals surface area contributed by atoms with E-state index in [9.17, 15) is 4.79 Å². The van der Waals surface area contributed by atoms with Gasteiger partial charge in [0, 0.05) is 12.6 Å². The number of anilines is 1. The highest BCUT2D eigenvalue weighted by atomic mass is 32.1. The number of carbonyl (C=O) groups is 1. The van der Waals surface area contributed by atoms with Crippen LogP contribution in [-0.4, -0.2) is 23.9 Å². The van der Waals surface area contributed by atoms with Crippen molar-refractivity contribution in [3.8, 4) is 0 Å². The summed E-state index contributed by atoms with van der Waals surface area (Å²) >= 11 is 1.56. The molecule has 1 saturated heterocycles. The number of aryl methyl sites for hydroxylation is 1. The van der Waals surface area contributed by atoms with Gasteiger partial charge < -0.3 is 4.90 Å². The minimum Gasteiger partial charge on any atom is -0.345 e. The van der Waals surface area contributed by atoms with Crippen molar-refractivity contribution in [3.63, 3.8) is 0 Å². The average Bonchev–Trinajstić information content (AvgIpc) is 2.76. The first kappa shape index (κ1) is 13.5. The van der Waals surface area contributed by atoms with E-state index in [1.807, 2.05) is 0 Å². The van der Waals surface area contributed by atoms with E-state index in [1.54, 1.807) is 11.3 Å². The molecule has 18 heavy (non-hydrogen) atoms. The third-order valence-electron chi connectivity index (χ3n) is 3.93. The molecule has 0 bridgehead atoms. The molecule has 3 nitrogen and oxygen atoms in total. The van der Waals surface area contributed by atoms with Crippen LogP contribution in [0.5, 0.6) is 0 Å². The van der Waals surface area contributed by atoms with E-state index in [-0.39, 0.29) is 0 Å². The van der Waals surface area contributed by atoms with Crippen molar-refractivity contribution in [2.75, 3.05) is 11.4 Å². The van der Waals surface area contributed by atoms with Crippen LogP contribution in [0, 0.1) is 5.92 Å². The fourth-order valence-corrected chi connectivity index (χ4v) is 3.63. The fourth-order valence-electron chi connectivity index (χ4n) is 2.59. The van der Waals surface area contributed by atoms with Crippen LogP contribution in [0.3, 0.4) is 0 Å². The molecule has 0 aliphatic carbocycles. The second-order valence-corrected chi connectivity index (χ2v) is 6.24. The van der Waals surface area contributed by atoms with Gasteiger partial charge in [-0.3, -0.25) is 4.79 Å². The second kappa shape index (κ2) is 5.83. The van der Waals surface area contributed by atoms with E-state index >= 15 is 0 Å². The fraction of sp³-hybridized carbons (Fsp3) is 0.714. The van der Waals surface area contributed by atoms with Crippen LogP contribution in [0.2, 0.25) is 0 Å². The maximum Gasteiger partial charge on any atom is 0.186 e. The van der Waals surface area contributed by atoms with E-state index in [4.69, 9.17) is 4.98 Å². The number of piperidine rings is 1. The number of aromatic nitrogens is 1. The van der Waals surface area contributed by atoms with Gasteiger partial charge in [0.05, 0.1) is 10.6 Å². The van der Waals surface area contributed by atoms with Gasteiger partial charge in [0.25, 0.3) is 0 Å². The van der Waals surface area contributed by atoms with Gasteiger partial charge in [0.2, 0.25) is 0 Å². The van der Waals surface area contributed by atoms with Gasteiger partial charge in [0.15, 0.2) is 11.4 Å². The highest BCUT2D eigenvalue weighted by Crippen LogP contribution is 2.32. The molecule has 0 saturated carbocycles. The molecule has 1 aliphatic rings. The number of thiazole rings is 1. The number of hydrogen-bond donors (Lipinski definition) is 0. The Hall–Kier alpha value is -0.900. The summed E-state index contributed by atoms with van der Waals surface area (Å²) in [5.41, 5.74) is 0.984. The van der Waals surface area contributed by atoms with E-state index in [2.05, 4.69) is 25.7 Å². The van der Waals surface area contributed by atoms with E-state index in [0.29, 0.717) is 12.0 Å². The summed E-state index contributed by atoms with van der Waals surface area (Å²) in [6, 6.07) is 0.527. The Labute approximate surface area is 113 Å². The minimum absolute atomic E-state index is 0.527. The van der Waals surface area contributed by atoms with E-state index < -0.39 is 0 Å². The number of carbonyl (C=O) groups excluding carboxylic acids is 1. The molecule has 0 spiro atoms. The largest absolute Gasteiger partial charge is 0.345 e. The molecule has 2 atom stereocenters. The van der Waals surface area contributed by atoms with Gasteiger partial charge in [-0.15, -0.1) is 0 Å². The van der Waals surface area contributed by atoms with Gasteiger partial charge in [-0.25, -0.2) is 4.98 Å². The first-order chi connectivity index (χ1) is 8.67. The third-order valence-corrected chi connectivity index (χ3v) is 4.99. The molecule has 1 aromatic heterocycles. The minimum atomic E-state index is 0.527. The zero-order valence-electron chi connectivity index (χ0n) is 11.5. The lowest BCUT2D eigenvalue weighted by Gasteiger charge is -2.37. The summed E-state index contributed by atoms with van der Waals surface area (Å²) < 4.78 is 0. The monoisotopic (exact) mass is 266 g/mol. The Morgan fingerprint density at radius 3 is 2.94 bits per heavy atom. The summed E-state index contributed by atoms with van der Waals surface area (Å²) in [7, 11) is 0. The predicted molar refractivity (Wildman–Crippen MR) is 76.7 cm³/mol. The molecular formula is C14H22N2OS. The molecule has 2 rings (SSSR count). The Morgan fingerprint density at radius 2 is 2.28 bits per heavy atom. The van der Waals surface area contributed by atoms with Gasteiger partial charge in [-0.1, -0.05) is 31.6 Å². The van der Waals surface area contributed by atoms with Crippen LogP contribution in [0.25, 0.3) is 0 Å². The lowest BCUT2D eigenvalue weighted by molar-refractivity contribution is 0.112. The van der Waals surface area contributed by atoms with Gasteiger partial charge in [-0.2, -0.15) is 0 Å². The topological polar surface area (TPSA) is 33.2 Å². The Bertz CT molecular complexity index is 416. The molecule has 2 heterocycles. The molecule has 0 radical (unpaired) electrons. The van der Waals surface area contributed by atoms with Crippen molar-refractivity contribution in [2.45, 2.75) is 52.5 Å². The summed E-state index contributed by atoms with van der Waals surface area (Å²) in [4.78, 5) is 19.0. The van der Waals surface area contributed by atoms with E-state index in [0.717, 1.165) is 41.4 Å². The number of hydrogen-bond acceptors (Lipinski definition) is 4. The number of rotatable bonds is 4. The molecule has 4 heteroatoms. The molecule has 1 aliphatic heterocycles. The SMILES string of the molecule is CCCc1nc(N2CCCC(C)C2C)sc1C=O. The maximum atomic E-state index is 11.1. The maximum absolute atomic E-state index is 11.1. The van der Waals surface area contributed by atoms with Crippen LogP contribution >= 0.6 is 11.3 Å². The smallest absolute Gasteiger partial charge is 0.186 e. The van der Waals surface area contributed by atoms with Gasteiger partial charge in [-0.05, 0) is 32.1 Å². The van der Waals surface area contributed by atoms with Crippen LogP contribution in [-0.2, 0) is 6.42 Å². The van der Waals surface area contributed by atoms with Crippen LogP contribution in [0.1, 0.15) is 55.4 Å². The summed E-state index contributed by atoms with van der Waals surface area (Å²) in [6.07, 6.45) is 5.43. The van der Waals surface area contributed by atoms with Crippen molar-refractivity contribution < 1.29 is 4.79 Å². The molecule has 1 fully saturated rings. The first-order valence-corrected chi connectivity index (χ1v) is 7.70. The number of nitrogens with zero attached hydrogens (tertiary/aromatic N) is 2.